The summed E-state index contributed by atoms with van der Waals surface area (Å²) >= 11 is 0. The van der Waals surface area contributed by atoms with E-state index in [1.54, 1.807) is 20.2 Å². The lowest BCUT2D eigenvalue weighted by Crippen LogP contribution is -2.41. The zero-order valence-electron chi connectivity index (χ0n) is 11.9. The van der Waals surface area contributed by atoms with Gasteiger partial charge in [0.15, 0.2) is 0 Å². The highest BCUT2D eigenvalue weighted by molar-refractivity contribution is 5.75. The molecule has 0 saturated carbocycles. The maximum Gasteiger partial charge on any atom is 0.317 e. The average molecular weight is 279 g/mol. The van der Waals surface area contributed by atoms with Crippen molar-refractivity contribution in [3.05, 3.63) is 30.1 Å². The molecule has 2 N–H and O–H groups in total. The molecule has 0 spiro atoms. The summed E-state index contributed by atoms with van der Waals surface area (Å²) in [5, 5.41) is 11.6. The molecule has 1 rings (SSSR count). The summed E-state index contributed by atoms with van der Waals surface area (Å²) in [6, 6.07) is 5.49. The number of carboxylic acid groups (broad SMARTS) is 1. The molecule has 1 aromatic rings. The topological polar surface area (TPSA) is 82.5 Å². The van der Waals surface area contributed by atoms with Crippen LogP contribution in [0.4, 0.5) is 4.79 Å². The highest BCUT2D eigenvalue weighted by Crippen LogP contribution is 2.00. The molecule has 110 valence electrons. The van der Waals surface area contributed by atoms with Crippen LogP contribution in [0.2, 0.25) is 0 Å². The molecule has 1 atom stereocenters. The minimum absolute atomic E-state index is 0.196. The second kappa shape index (κ2) is 8.14. The van der Waals surface area contributed by atoms with Crippen LogP contribution in [0.1, 0.15) is 19.0 Å². The first kappa shape index (κ1) is 15.9. The normalized spacial score (nSPS) is 11.7. The molecule has 0 aliphatic heterocycles. The Morgan fingerprint density at radius 1 is 1.45 bits per heavy atom. The number of aromatic nitrogens is 1. The summed E-state index contributed by atoms with van der Waals surface area (Å²) in [5.74, 6) is -1.47. The number of rotatable bonds is 7. The maximum absolute atomic E-state index is 11.7. The SMILES string of the molecule is CC(CN(C)C(=O)NCCCc1ccccn1)C(=O)O. The highest BCUT2D eigenvalue weighted by atomic mass is 16.4. The molecular formula is C14H21N3O3. The molecule has 0 aromatic carbocycles. The number of aryl methyl sites for hydroxylation is 1. The van der Waals surface area contributed by atoms with Crippen LogP contribution in [0.25, 0.3) is 0 Å². The molecular weight excluding hydrogens is 258 g/mol. The first-order chi connectivity index (χ1) is 9.50. The van der Waals surface area contributed by atoms with E-state index >= 15 is 0 Å². The number of hydrogen-bond donors (Lipinski definition) is 2. The molecule has 0 radical (unpaired) electrons. The fraction of sp³-hybridized carbons (Fsp3) is 0.500. The second-order valence-electron chi connectivity index (χ2n) is 4.78. The zero-order chi connectivity index (χ0) is 15.0. The zero-order valence-corrected chi connectivity index (χ0v) is 11.9. The van der Waals surface area contributed by atoms with E-state index in [0.717, 1.165) is 18.5 Å². The van der Waals surface area contributed by atoms with Crippen LogP contribution in [-0.4, -0.2) is 47.1 Å². The molecule has 1 aromatic heterocycles. The lowest BCUT2D eigenvalue weighted by Gasteiger charge is -2.19. The summed E-state index contributed by atoms with van der Waals surface area (Å²) < 4.78 is 0. The molecule has 20 heavy (non-hydrogen) atoms. The van der Waals surface area contributed by atoms with E-state index in [1.165, 1.54) is 4.90 Å². The smallest absolute Gasteiger partial charge is 0.317 e. The molecule has 2 amide bonds. The Kier molecular flexibility index (Phi) is 6.49. The van der Waals surface area contributed by atoms with E-state index in [1.807, 2.05) is 18.2 Å². The van der Waals surface area contributed by atoms with Gasteiger partial charge in [-0.05, 0) is 25.0 Å². The van der Waals surface area contributed by atoms with E-state index in [2.05, 4.69) is 10.3 Å². The molecule has 0 aliphatic rings. The number of carbonyl (C=O) groups excluding carboxylic acids is 1. The number of carboxylic acids is 1. The van der Waals surface area contributed by atoms with Gasteiger partial charge in [-0.15, -0.1) is 0 Å². The Labute approximate surface area is 118 Å². The van der Waals surface area contributed by atoms with Crippen LogP contribution >= 0.6 is 0 Å². The number of urea groups is 1. The predicted octanol–water partition coefficient (Wildman–Crippen LogP) is 1.38. The molecule has 0 fully saturated rings. The monoisotopic (exact) mass is 279 g/mol. The molecule has 1 unspecified atom stereocenters. The third kappa shape index (κ3) is 5.69. The van der Waals surface area contributed by atoms with Crippen molar-refractivity contribution in [2.24, 2.45) is 5.92 Å². The van der Waals surface area contributed by atoms with Gasteiger partial charge < -0.3 is 15.3 Å². The standard InChI is InChI=1S/C14H21N3O3/c1-11(13(18)19)10-17(2)14(20)16-9-5-7-12-6-3-4-8-15-12/h3-4,6,8,11H,5,7,9-10H2,1-2H3,(H,16,20)(H,18,19). The number of hydrogen-bond acceptors (Lipinski definition) is 3. The summed E-state index contributed by atoms with van der Waals surface area (Å²) in [4.78, 5) is 28.0. The summed E-state index contributed by atoms with van der Waals surface area (Å²) in [5.41, 5.74) is 0.995. The number of nitrogens with zero attached hydrogens (tertiary/aromatic N) is 2. The molecule has 1 heterocycles. The minimum Gasteiger partial charge on any atom is -0.481 e. The van der Waals surface area contributed by atoms with Gasteiger partial charge in [0, 0.05) is 32.0 Å². The van der Waals surface area contributed by atoms with Crippen molar-refractivity contribution in [1.82, 2.24) is 15.2 Å². The van der Waals surface area contributed by atoms with Crippen molar-refractivity contribution >= 4 is 12.0 Å². The third-order valence-corrected chi connectivity index (χ3v) is 2.93. The summed E-state index contributed by atoms with van der Waals surface area (Å²) in [6.45, 7) is 2.32. The van der Waals surface area contributed by atoms with Gasteiger partial charge in [0.2, 0.25) is 0 Å². The van der Waals surface area contributed by atoms with Gasteiger partial charge in [0.1, 0.15) is 0 Å². The number of amides is 2. The number of pyridine rings is 1. The number of nitrogens with one attached hydrogen (secondary N) is 1. The van der Waals surface area contributed by atoms with E-state index < -0.39 is 11.9 Å². The van der Waals surface area contributed by atoms with Gasteiger partial charge in [-0.1, -0.05) is 13.0 Å². The van der Waals surface area contributed by atoms with Crippen molar-refractivity contribution in [1.29, 1.82) is 0 Å². The second-order valence-corrected chi connectivity index (χ2v) is 4.78. The van der Waals surface area contributed by atoms with Crippen LogP contribution in [0, 0.1) is 5.92 Å². The highest BCUT2D eigenvalue weighted by Gasteiger charge is 2.16. The van der Waals surface area contributed by atoms with Crippen LogP contribution in [0.15, 0.2) is 24.4 Å². The Bertz CT molecular complexity index is 437. The van der Waals surface area contributed by atoms with Gasteiger partial charge in [0.25, 0.3) is 0 Å². The summed E-state index contributed by atoms with van der Waals surface area (Å²) in [6.07, 6.45) is 3.34. The van der Waals surface area contributed by atoms with Crippen LogP contribution in [0.5, 0.6) is 0 Å². The predicted molar refractivity (Wildman–Crippen MR) is 75.4 cm³/mol. The van der Waals surface area contributed by atoms with Crippen LogP contribution < -0.4 is 5.32 Å². The van der Waals surface area contributed by atoms with Gasteiger partial charge in [0.05, 0.1) is 5.92 Å². The van der Waals surface area contributed by atoms with E-state index in [-0.39, 0.29) is 12.6 Å². The van der Waals surface area contributed by atoms with Crippen LogP contribution in [0.3, 0.4) is 0 Å². The quantitative estimate of drug-likeness (QED) is 0.739. The minimum atomic E-state index is -0.903. The molecule has 0 bridgehead atoms. The van der Waals surface area contributed by atoms with Gasteiger partial charge >= 0.3 is 12.0 Å². The van der Waals surface area contributed by atoms with Crippen molar-refractivity contribution < 1.29 is 14.7 Å². The van der Waals surface area contributed by atoms with Gasteiger partial charge in [-0.3, -0.25) is 9.78 Å². The van der Waals surface area contributed by atoms with Crippen LogP contribution in [-0.2, 0) is 11.2 Å². The molecule has 6 nitrogen and oxygen atoms in total. The van der Waals surface area contributed by atoms with E-state index in [0.29, 0.717) is 6.54 Å². The van der Waals surface area contributed by atoms with Crippen molar-refractivity contribution in [3.8, 4) is 0 Å². The number of carbonyl (C=O) groups is 2. The third-order valence-electron chi connectivity index (χ3n) is 2.93. The Morgan fingerprint density at radius 2 is 2.20 bits per heavy atom. The fourth-order valence-corrected chi connectivity index (χ4v) is 1.72. The fourth-order valence-electron chi connectivity index (χ4n) is 1.72. The van der Waals surface area contributed by atoms with Crippen molar-refractivity contribution in [3.63, 3.8) is 0 Å². The van der Waals surface area contributed by atoms with Gasteiger partial charge in [-0.25, -0.2) is 4.79 Å². The lowest BCUT2D eigenvalue weighted by molar-refractivity contribution is -0.141. The van der Waals surface area contributed by atoms with Crippen molar-refractivity contribution in [2.75, 3.05) is 20.1 Å². The van der Waals surface area contributed by atoms with Gasteiger partial charge in [-0.2, -0.15) is 0 Å². The molecule has 0 saturated heterocycles. The Hall–Kier alpha value is -2.11. The van der Waals surface area contributed by atoms with Crippen molar-refractivity contribution in [2.45, 2.75) is 19.8 Å². The first-order valence-corrected chi connectivity index (χ1v) is 6.62. The first-order valence-electron chi connectivity index (χ1n) is 6.62. The molecule has 6 heteroatoms. The van der Waals surface area contributed by atoms with E-state index in [9.17, 15) is 9.59 Å². The number of aliphatic carboxylic acids is 1. The average Bonchev–Trinajstić information content (AvgIpc) is 2.44. The Morgan fingerprint density at radius 3 is 2.80 bits per heavy atom. The largest absolute Gasteiger partial charge is 0.481 e. The Balaban J connectivity index is 2.21. The lowest BCUT2D eigenvalue weighted by atomic mass is 10.2. The summed E-state index contributed by atoms with van der Waals surface area (Å²) in [7, 11) is 1.59. The molecule has 0 aliphatic carbocycles. The maximum atomic E-state index is 11.7. The van der Waals surface area contributed by atoms with E-state index in [4.69, 9.17) is 5.11 Å².